The van der Waals surface area contributed by atoms with Crippen LogP contribution < -0.4 is 0 Å². The van der Waals surface area contributed by atoms with Gasteiger partial charge < -0.3 is 0 Å². The van der Waals surface area contributed by atoms with Gasteiger partial charge in [0.2, 0.25) is 0 Å². The summed E-state index contributed by atoms with van der Waals surface area (Å²) < 4.78 is 64.7. The van der Waals surface area contributed by atoms with Crippen LogP contribution >= 0.6 is 0 Å². The Morgan fingerprint density at radius 2 is 1.92 bits per heavy atom. The molecule has 1 saturated carbocycles. The van der Waals surface area contributed by atoms with E-state index in [0.717, 1.165) is 31.4 Å². The Bertz CT molecular complexity index is 824. The zero-order chi connectivity index (χ0) is 17.4. The highest BCUT2D eigenvalue weighted by Gasteiger charge is 2.31. The molecule has 8 heteroatoms. The molecule has 1 aliphatic rings. The maximum atomic E-state index is 12.7. The molecule has 1 heterocycles. The number of rotatable bonds is 5. The molecule has 0 amide bonds. The fourth-order valence-electron chi connectivity index (χ4n) is 2.78. The first-order valence-electron chi connectivity index (χ1n) is 7.63. The minimum Gasteiger partial charge on any atom is -0.266 e. The third kappa shape index (κ3) is 3.80. The molecule has 0 unspecified atom stereocenters. The van der Waals surface area contributed by atoms with Crippen LogP contribution in [-0.2, 0) is 27.5 Å². The Morgan fingerprint density at radius 1 is 1.17 bits per heavy atom. The van der Waals surface area contributed by atoms with Gasteiger partial charge in [0.05, 0.1) is 28.8 Å². The molecule has 0 spiro atoms. The molecular formula is C16H17F3N2O2S. The molecule has 1 aliphatic carbocycles. The summed E-state index contributed by atoms with van der Waals surface area (Å²) in [5, 5.41) is 4.18. The van der Waals surface area contributed by atoms with Gasteiger partial charge in [-0.3, -0.25) is 4.68 Å². The van der Waals surface area contributed by atoms with Crippen LogP contribution in [0.15, 0.2) is 36.5 Å². The van der Waals surface area contributed by atoms with Crippen LogP contribution in [0, 0.1) is 0 Å². The molecule has 4 nitrogen and oxygen atoms in total. The van der Waals surface area contributed by atoms with E-state index in [1.54, 1.807) is 16.9 Å². The molecule has 0 radical (unpaired) electrons. The van der Waals surface area contributed by atoms with E-state index in [1.165, 1.54) is 12.1 Å². The Balaban J connectivity index is 1.76. The Morgan fingerprint density at radius 3 is 2.54 bits per heavy atom. The lowest BCUT2D eigenvalue weighted by Gasteiger charge is -2.27. The van der Waals surface area contributed by atoms with E-state index in [2.05, 4.69) is 5.10 Å². The van der Waals surface area contributed by atoms with Crippen LogP contribution in [0.25, 0.3) is 0 Å². The molecule has 24 heavy (non-hydrogen) atoms. The lowest BCUT2D eigenvalue weighted by Crippen LogP contribution is -2.22. The SMILES string of the molecule is O=S(=O)(Cc1cccc(C(F)(F)F)c1)Cc1ccnn1C1CCC1. The molecular weight excluding hydrogens is 341 g/mol. The molecule has 0 aliphatic heterocycles. The van der Waals surface area contributed by atoms with Gasteiger partial charge >= 0.3 is 6.18 Å². The second-order valence-corrected chi connectivity index (χ2v) is 8.15. The standard InChI is InChI=1S/C16H17F3N2O2S/c17-16(18,19)13-4-1-3-12(9-13)10-24(22,23)11-15-7-8-20-21(15)14-5-2-6-14/h1,3-4,7-9,14H,2,5-6,10-11H2. The molecule has 3 rings (SSSR count). The average molecular weight is 358 g/mol. The maximum absolute atomic E-state index is 12.7. The molecule has 130 valence electrons. The highest BCUT2D eigenvalue weighted by molar-refractivity contribution is 7.89. The summed E-state index contributed by atoms with van der Waals surface area (Å²) >= 11 is 0. The quantitative estimate of drug-likeness (QED) is 0.818. The fraction of sp³-hybridized carbons (Fsp3) is 0.438. The maximum Gasteiger partial charge on any atom is 0.416 e. The van der Waals surface area contributed by atoms with Crippen molar-refractivity contribution in [1.29, 1.82) is 0 Å². The third-order valence-corrected chi connectivity index (χ3v) is 5.69. The van der Waals surface area contributed by atoms with E-state index >= 15 is 0 Å². The minimum atomic E-state index is -4.48. The van der Waals surface area contributed by atoms with Crippen molar-refractivity contribution < 1.29 is 21.6 Å². The summed E-state index contributed by atoms with van der Waals surface area (Å²) in [7, 11) is -3.59. The lowest BCUT2D eigenvalue weighted by molar-refractivity contribution is -0.137. The van der Waals surface area contributed by atoms with E-state index in [9.17, 15) is 21.6 Å². The van der Waals surface area contributed by atoms with Gasteiger partial charge in [0.15, 0.2) is 9.84 Å². The Hall–Kier alpha value is -1.83. The van der Waals surface area contributed by atoms with Gasteiger partial charge in [-0.1, -0.05) is 18.2 Å². The summed E-state index contributed by atoms with van der Waals surface area (Å²) in [4.78, 5) is 0. The summed E-state index contributed by atoms with van der Waals surface area (Å²) in [6.45, 7) is 0. The molecule has 0 saturated heterocycles. The van der Waals surface area contributed by atoms with E-state index < -0.39 is 27.3 Å². The fourth-order valence-corrected chi connectivity index (χ4v) is 4.25. The Labute approximate surface area is 138 Å². The van der Waals surface area contributed by atoms with Gasteiger partial charge in [-0.05, 0) is 37.0 Å². The van der Waals surface area contributed by atoms with Crippen LogP contribution in [0.1, 0.15) is 42.1 Å². The zero-order valence-corrected chi connectivity index (χ0v) is 13.6. The first-order valence-corrected chi connectivity index (χ1v) is 9.46. The number of aromatic nitrogens is 2. The number of halogens is 3. The summed E-state index contributed by atoms with van der Waals surface area (Å²) in [5.41, 5.74) is -0.110. The summed E-state index contributed by atoms with van der Waals surface area (Å²) in [6.07, 6.45) is 0.127. The smallest absolute Gasteiger partial charge is 0.266 e. The molecule has 1 aromatic carbocycles. The predicted molar refractivity (Wildman–Crippen MR) is 82.9 cm³/mol. The highest BCUT2D eigenvalue weighted by Crippen LogP contribution is 2.33. The van der Waals surface area contributed by atoms with Gasteiger partial charge in [0.25, 0.3) is 0 Å². The molecule has 2 aromatic rings. The number of sulfone groups is 1. The second-order valence-electron chi connectivity index (χ2n) is 6.08. The predicted octanol–water partition coefficient (Wildman–Crippen LogP) is 3.74. The second kappa shape index (κ2) is 6.23. The molecule has 0 N–H and O–H groups in total. The van der Waals surface area contributed by atoms with Crippen molar-refractivity contribution in [2.24, 2.45) is 0 Å². The number of hydrogen-bond donors (Lipinski definition) is 0. The van der Waals surface area contributed by atoms with Gasteiger partial charge in [0, 0.05) is 6.20 Å². The van der Waals surface area contributed by atoms with Crippen molar-refractivity contribution in [3.05, 3.63) is 53.3 Å². The van der Waals surface area contributed by atoms with Crippen molar-refractivity contribution in [2.45, 2.75) is 43.0 Å². The largest absolute Gasteiger partial charge is 0.416 e. The van der Waals surface area contributed by atoms with Crippen LogP contribution in [0.2, 0.25) is 0 Å². The third-order valence-electron chi connectivity index (χ3n) is 4.18. The average Bonchev–Trinajstić information content (AvgIpc) is 2.82. The van der Waals surface area contributed by atoms with Crippen molar-refractivity contribution in [3.63, 3.8) is 0 Å². The van der Waals surface area contributed by atoms with Gasteiger partial charge in [-0.25, -0.2) is 8.42 Å². The van der Waals surface area contributed by atoms with Crippen molar-refractivity contribution >= 4 is 9.84 Å². The Kier molecular flexibility index (Phi) is 4.42. The first-order chi connectivity index (χ1) is 11.2. The van der Waals surface area contributed by atoms with Gasteiger partial charge in [0.1, 0.15) is 0 Å². The van der Waals surface area contributed by atoms with Crippen molar-refractivity contribution in [1.82, 2.24) is 9.78 Å². The monoisotopic (exact) mass is 358 g/mol. The van der Waals surface area contributed by atoms with Crippen molar-refractivity contribution in [3.8, 4) is 0 Å². The van der Waals surface area contributed by atoms with E-state index in [-0.39, 0.29) is 17.4 Å². The number of nitrogens with zero attached hydrogens (tertiary/aromatic N) is 2. The van der Waals surface area contributed by atoms with Gasteiger partial charge in [-0.15, -0.1) is 0 Å². The summed E-state index contributed by atoms with van der Waals surface area (Å²) in [6, 6.07) is 6.34. The number of benzene rings is 1. The van der Waals surface area contributed by atoms with Crippen LogP contribution in [0.5, 0.6) is 0 Å². The lowest BCUT2D eigenvalue weighted by atomic mass is 9.93. The summed E-state index contributed by atoms with van der Waals surface area (Å²) in [5.74, 6) is -0.646. The molecule has 1 fully saturated rings. The minimum absolute atomic E-state index is 0.138. The normalized spacial score (nSPS) is 16.1. The first kappa shape index (κ1) is 17.0. The number of hydrogen-bond acceptors (Lipinski definition) is 3. The molecule has 1 aromatic heterocycles. The molecule has 0 atom stereocenters. The van der Waals surface area contributed by atoms with Gasteiger partial charge in [-0.2, -0.15) is 18.3 Å². The topological polar surface area (TPSA) is 52.0 Å². The number of alkyl halides is 3. The van der Waals surface area contributed by atoms with Crippen LogP contribution in [-0.4, -0.2) is 18.2 Å². The van der Waals surface area contributed by atoms with E-state index in [4.69, 9.17) is 0 Å². The van der Waals surface area contributed by atoms with E-state index in [0.29, 0.717) is 5.69 Å². The van der Waals surface area contributed by atoms with E-state index in [1.807, 2.05) is 0 Å². The van der Waals surface area contributed by atoms with Crippen LogP contribution in [0.3, 0.4) is 0 Å². The highest BCUT2D eigenvalue weighted by atomic mass is 32.2. The molecule has 0 bridgehead atoms. The zero-order valence-electron chi connectivity index (χ0n) is 12.8. The van der Waals surface area contributed by atoms with Crippen molar-refractivity contribution in [2.75, 3.05) is 0 Å². The van der Waals surface area contributed by atoms with Crippen LogP contribution in [0.4, 0.5) is 13.2 Å².